The van der Waals surface area contributed by atoms with Gasteiger partial charge in [0.25, 0.3) is 0 Å². The normalized spacial score (nSPS) is 14.1. The first-order chi connectivity index (χ1) is 7.88. The van der Waals surface area contributed by atoms with Crippen LogP contribution in [-0.4, -0.2) is 0 Å². The Hall–Kier alpha value is -1.16. The fraction of sp³-hybridized carbons (Fsp3) is 0.231. The minimum absolute atomic E-state index is 0.612. The molecule has 2 heterocycles. The number of ether oxygens (including phenoxy) is 1. The smallest absolute Gasteiger partial charge is 0.0725 e. The Morgan fingerprint density at radius 3 is 2.94 bits per heavy atom. The third kappa shape index (κ3) is 1.57. The van der Waals surface area contributed by atoms with Crippen molar-refractivity contribution >= 4 is 11.3 Å². The van der Waals surface area contributed by atoms with E-state index in [1.54, 1.807) is 11.3 Å². The molecule has 2 aromatic rings. The van der Waals surface area contributed by atoms with Gasteiger partial charge < -0.3 is 10.5 Å². The van der Waals surface area contributed by atoms with Crippen LogP contribution in [0.25, 0.3) is 11.1 Å². The van der Waals surface area contributed by atoms with Gasteiger partial charge in [-0.2, -0.15) is 0 Å². The quantitative estimate of drug-likeness (QED) is 0.862. The van der Waals surface area contributed by atoms with Crippen LogP contribution in [-0.2, 0) is 24.5 Å². The van der Waals surface area contributed by atoms with E-state index in [-0.39, 0.29) is 0 Å². The zero-order valence-electron chi connectivity index (χ0n) is 8.90. The summed E-state index contributed by atoms with van der Waals surface area (Å²) in [5.41, 5.74) is 10.9. The number of fused-ring (bicyclic) bond motifs is 1. The molecular weight excluding hydrogens is 218 g/mol. The molecule has 1 aliphatic rings. The molecule has 0 saturated heterocycles. The van der Waals surface area contributed by atoms with Crippen LogP contribution in [0.4, 0.5) is 0 Å². The average Bonchev–Trinajstić information content (AvgIpc) is 2.96. The summed E-state index contributed by atoms with van der Waals surface area (Å²) in [6.07, 6.45) is 0. The first kappa shape index (κ1) is 10.0. The zero-order chi connectivity index (χ0) is 11.0. The van der Waals surface area contributed by atoms with E-state index in [9.17, 15) is 0 Å². The van der Waals surface area contributed by atoms with E-state index in [4.69, 9.17) is 10.5 Å². The fourth-order valence-corrected chi connectivity index (χ4v) is 2.87. The molecule has 0 aliphatic carbocycles. The van der Waals surface area contributed by atoms with E-state index in [0.717, 1.165) is 13.2 Å². The summed E-state index contributed by atoms with van der Waals surface area (Å²) in [7, 11) is 0. The van der Waals surface area contributed by atoms with Gasteiger partial charge in [0.05, 0.1) is 13.2 Å². The van der Waals surface area contributed by atoms with E-state index in [1.807, 2.05) is 0 Å². The number of benzene rings is 1. The molecule has 0 atom stereocenters. The van der Waals surface area contributed by atoms with Gasteiger partial charge >= 0.3 is 0 Å². The van der Waals surface area contributed by atoms with Crippen molar-refractivity contribution in [3.05, 3.63) is 45.6 Å². The van der Waals surface area contributed by atoms with Crippen molar-refractivity contribution in [2.45, 2.75) is 19.8 Å². The summed E-state index contributed by atoms with van der Waals surface area (Å²) in [5.74, 6) is 0. The van der Waals surface area contributed by atoms with E-state index in [2.05, 4.69) is 29.6 Å². The maximum atomic E-state index is 5.73. The van der Waals surface area contributed by atoms with Crippen molar-refractivity contribution in [1.82, 2.24) is 0 Å². The molecule has 16 heavy (non-hydrogen) atoms. The molecule has 1 aromatic carbocycles. The topological polar surface area (TPSA) is 35.2 Å². The second kappa shape index (κ2) is 4.01. The van der Waals surface area contributed by atoms with Gasteiger partial charge in [0, 0.05) is 11.4 Å². The Morgan fingerprint density at radius 1 is 1.19 bits per heavy atom. The van der Waals surface area contributed by atoms with Crippen molar-refractivity contribution in [3.63, 3.8) is 0 Å². The maximum Gasteiger partial charge on any atom is 0.0725 e. The van der Waals surface area contributed by atoms with Gasteiger partial charge in [0.1, 0.15) is 0 Å². The van der Waals surface area contributed by atoms with Crippen LogP contribution in [0.3, 0.4) is 0 Å². The summed E-state index contributed by atoms with van der Waals surface area (Å²) in [6.45, 7) is 2.11. The predicted molar refractivity (Wildman–Crippen MR) is 66.1 cm³/mol. The Balaban J connectivity index is 2.07. The van der Waals surface area contributed by atoms with Gasteiger partial charge in [-0.1, -0.05) is 12.1 Å². The molecule has 82 valence electrons. The van der Waals surface area contributed by atoms with E-state index in [1.165, 1.54) is 27.1 Å². The Labute approximate surface area is 98.7 Å². The van der Waals surface area contributed by atoms with Crippen LogP contribution >= 0.6 is 11.3 Å². The second-order valence-electron chi connectivity index (χ2n) is 3.94. The fourth-order valence-electron chi connectivity index (χ4n) is 2.10. The molecule has 1 aliphatic heterocycles. The summed E-state index contributed by atoms with van der Waals surface area (Å²) in [4.78, 5) is 1.25. The first-order valence-corrected chi connectivity index (χ1v) is 6.23. The van der Waals surface area contributed by atoms with Crippen LogP contribution < -0.4 is 5.73 Å². The minimum atomic E-state index is 0.612. The number of hydrogen-bond donors (Lipinski definition) is 1. The molecule has 0 saturated carbocycles. The summed E-state index contributed by atoms with van der Waals surface area (Å²) in [5, 5.41) is 2.10. The Morgan fingerprint density at radius 2 is 2.06 bits per heavy atom. The molecule has 0 amide bonds. The van der Waals surface area contributed by atoms with Crippen LogP contribution in [0.1, 0.15) is 16.0 Å². The number of nitrogens with two attached hydrogens (primary N) is 1. The number of hydrogen-bond acceptors (Lipinski definition) is 3. The van der Waals surface area contributed by atoms with Gasteiger partial charge in [-0.3, -0.25) is 0 Å². The molecule has 0 spiro atoms. The van der Waals surface area contributed by atoms with E-state index >= 15 is 0 Å². The van der Waals surface area contributed by atoms with E-state index in [0.29, 0.717) is 6.54 Å². The highest BCUT2D eigenvalue weighted by Gasteiger charge is 2.13. The van der Waals surface area contributed by atoms with Crippen molar-refractivity contribution in [1.29, 1.82) is 0 Å². The van der Waals surface area contributed by atoms with Gasteiger partial charge in [-0.25, -0.2) is 0 Å². The van der Waals surface area contributed by atoms with Gasteiger partial charge in [-0.05, 0) is 39.8 Å². The van der Waals surface area contributed by atoms with Crippen LogP contribution in [0.2, 0.25) is 0 Å². The largest absolute Gasteiger partial charge is 0.372 e. The molecule has 3 rings (SSSR count). The SMILES string of the molecule is NCc1sccc1-c1ccc2c(c1)COC2. The monoisotopic (exact) mass is 231 g/mol. The lowest BCUT2D eigenvalue weighted by Crippen LogP contribution is -1.95. The Bertz CT molecular complexity index is 518. The van der Waals surface area contributed by atoms with Gasteiger partial charge in [0.2, 0.25) is 0 Å². The van der Waals surface area contributed by atoms with Crippen molar-refractivity contribution in [3.8, 4) is 11.1 Å². The van der Waals surface area contributed by atoms with Crippen molar-refractivity contribution in [2.75, 3.05) is 0 Å². The lowest BCUT2D eigenvalue weighted by atomic mass is 10.0. The molecule has 0 radical (unpaired) electrons. The van der Waals surface area contributed by atoms with Crippen molar-refractivity contribution < 1.29 is 4.74 Å². The lowest BCUT2D eigenvalue weighted by molar-refractivity contribution is 0.134. The number of rotatable bonds is 2. The van der Waals surface area contributed by atoms with Crippen molar-refractivity contribution in [2.24, 2.45) is 5.73 Å². The highest BCUT2D eigenvalue weighted by Crippen LogP contribution is 2.31. The second-order valence-corrected chi connectivity index (χ2v) is 4.94. The standard InChI is InChI=1S/C13H13NOS/c14-6-13-12(3-4-16-13)9-1-2-10-7-15-8-11(10)5-9/h1-5H,6-8,14H2. The van der Waals surface area contributed by atoms with Crippen LogP contribution in [0.5, 0.6) is 0 Å². The summed E-state index contributed by atoms with van der Waals surface area (Å²) >= 11 is 1.72. The summed E-state index contributed by atoms with van der Waals surface area (Å²) in [6, 6.07) is 8.69. The predicted octanol–water partition coefficient (Wildman–Crippen LogP) is 2.90. The van der Waals surface area contributed by atoms with Gasteiger partial charge in [-0.15, -0.1) is 11.3 Å². The molecule has 0 bridgehead atoms. The average molecular weight is 231 g/mol. The van der Waals surface area contributed by atoms with Gasteiger partial charge in [0.15, 0.2) is 0 Å². The summed E-state index contributed by atoms with van der Waals surface area (Å²) < 4.78 is 5.42. The molecule has 2 N–H and O–H groups in total. The first-order valence-electron chi connectivity index (χ1n) is 5.35. The molecule has 0 fully saturated rings. The number of thiophene rings is 1. The Kier molecular flexibility index (Phi) is 2.52. The van der Waals surface area contributed by atoms with Crippen LogP contribution in [0.15, 0.2) is 29.6 Å². The maximum absolute atomic E-state index is 5.73. The highest BCUT2D eigenvalue weighted by molar-refractivity contribution is 7.10. The minimum Gasteiger partial charge on any atom is -0.372 e. The molecule has 1 aromatic heterocycles. The van der Waals surface area contributed by atoms with E-state index < -0.39 is 0 Å². The highest BCUT2D eigenvalue weighted by atomic mass is 32.1. The molecule has 2 nitrogen and oxygen atoms in total. The lowest BCUT2D eigenvalue weighted by Gasteiger charge is -2.04. The molecule has 0 unspecified atom stereocenters. The van der Waals surface area contributed by atoms with Crippen LogP contribution in [0, 0.1) is 0 Å². The third-order valence-electron chi connectivity index (χ3n) is 2.96. The third-order valence-corrected chi connectivity index (χ3v) is 3.91. The zero-order valence-corrected chi connectivity index (χ0v) is 9.72. The molecule has 3 heteroatoms. The molecular formula is C13H13NOS.